The zero-order valence-corrected chi connectivity index (χ0v) is 22.8. The largest absolute Gasteiger partial charge is 0.493 e. The summed E-state index contributed by atoms with van der Waals surface area (Å²) >= 11 is 0. The second-order valence-electron chi connectivity index (χ2n) is 9.81. The van der Waals surface area contributed by atoms with Crippen LogP contribution in [0.1, 0.15) is 47.1 Å². The number of carbonyl (C=O) groups is 1. The monoisotopic (exact) mass is 534 g/mol. The standard InChI is InChI=1S/C34H34N2O4/c1-3-4-5-9-18-40-33-21-28(25(2)20-29(33)23-36-17-19-39-24-32(36)34(37)38)16-15-27-13-10-14-30(31(27)22-35)26-11-7-6-8-12-26/h1,6-8,10-16,20-21,32H,4-5,9,17-19,23-24H2,2H3,(H,37,38)/b16-15+/t32-/m0/s1. The van der Waals surface area contributed by atoms with Crippen LogP contribution in [-0.4, -0.2) is 48.4 Å². The highest BCUT2D eigenvalue weighted by Gasteiger charge is 2.30. The summed E-state index contributed by atoms with van der Waals surface area (Å²) in [7, 11) is 0. The van der Waals surface area contributed by atoms with Crippen LogP contribution in [0.5, 0.6) is 5.75 Å². The minimum absolute atomic E-state index is 0.167. The predicted octanol–water partition coefficient (Wildman–Crippen LogP) is 6.17. The molecule has 0 radical (unpaired) electrons. The number of rotatable bonds is 11. The number of nitriles is 1. The molecule has 0 spiro atoms. The number of aryl methyl sites for hydroxylation is 1. The van der Waals surface area contributed by atoms with E-state index in [0.29, 0.717) is 38.3 Å². The molecule has 0 saturated carbocycles. The van der Waals surface area contributed by atoms with Crippen molar-refractivity contribution in [3.63, 3.8) is 0 Å². The summed E-state index contributed by atoms with van der Waals surface area (Å²) in [5.41, 5.74) is 6.28. The Morgan fingerprint density at radius 1 is 1.15 bits per heavy atom. The highest BCUT2D eigenvalue weighted by molar-refractivity contribution is 5.81. The highest BCUT2D eigenvalue weighted by Crippen LogP contribution is 2.30. The molecule has 4 rings (SSSR count). The van der Waals surface area contributed by atoms with Crippen molar-refractivity contribution in [2.75, 3.05) is 26.4 Å². The van der Waals surface area contributed by atoms with Crippen molar-refractivity contribution in [3.05, 3.63) is 88.5 Å². The van der Waals surface area contributed by atoms with Crippen LogP contribution in [0.15, 0.2) is 60.7 Å². The molecule has 1 N–H and O–H groups in total. The lowest BCUT2D eigenvalue weighted by Gasteiger charge is -2.33. The first-order valence-electron chi connectivity index (χ1n) is 13.5. The number of nitrogens with zero attached hydrogens (tertiary/aromatic N) is 2. The lowest BCUT2D eigenvalue weighted by atomic mass is 9.95. The Kier molecular flexibility index (Phi) is 10.1. The van der Waals surface area contributed by atoms with E-state index < -0.39 is 12.0 Å². The van der Waals surface area contributed by atoms with Gasteiger partial charge in [-0.1, -0.05) is 66.7 Å². The van der Waals surface area contributed by atoms with E-state index in [0.717, 1.165) is 52.0 Å². The van der Waals surface area contributed by atoms with Crippen molar-refractivity contribution in [2.45, 2.75) is 38.8 Å². The molecule has 0 unspecified atom stereocenters. The first-order chi connectivity index (χ1) is 19.5. The van der Waals surface area contributed by atoms with Crippen LogP contribution >= 0.6 is 0 Å². The molecule has 6 heteroatoms. The lowest BCUT2D eigenvalue weighted by molar-refractivity contribution is -0.150. The summed E-state index contributed by atoms with van der Waals surface area (Å²) in [5, 5.41) is 19.7. The minimum Gasteiger partial charge on any atom is -0.493 e. The number of hydrogen-bond donors (Lipinski definition) is 1. The average Bonchev–Trinajstić information content (AvgIpc) is 2.97. The van der Waals surface area contributed by atoms with Crippen molar-refractivity contribution in [2.24, 2.45) is 0 Å². The van der Waals surface area contributed by atoms with Crippen molar-refractivity contribution in [3.8, 4) is 35.3 Å². The Labute approximate surface area is 236 Å². The molecule has 0 amide bonds. The summed E-state index contributed by atoms with van der Waals surface area (Å²) in [4.78, 5) is 13.7. The average molecular weight is 535 g/mol. The Balaban J connectivity index is 1.64. The Hall–Kier alpha value is -4.36. The summed E-state index contributed by atoms with van der Waals surface area (Å²) < 4.78 is 11.6. The fourth-order valence-electron chi connectivity index (χ4n) is 4.86. The van der Waals surface area contributed by atoms with Crippen LogP contribution in [0.4, 0.5) is 0 Å². The quantitative estimate of drug-likeness (QED) is 0.180. The van der Waals surface area contributed by atoms with Gasteiger partial charge in [-0.25, -0.2) is 0 Å². The lowest BCUT2D eigenvalue weighted by Crippen LogP contribution is -2.49. The van der Waals surface area contributed by atoms with Gasteiger partial charge in [0.15, 0.2) is 0 Å². The first kappa shape index (κ1) is 28.6. The second kappa shape index (κ2) is 14.1. The van der Waals surface area contributed by atoms with Crippen LogP contribution in [0.3, 0.4) is 0 Å². The number of unbranched alkanes of at least 4 members (excludes halogenated alkanes) is 2. The highest BCUT2D eigenvalue weighted by atomic mass is 16.5. The van der Waals surface area contributed by atoms with Gasteiger partial charge >= 0.3 is 5.97 Å². The van der Waals surface area contributed by atoms with Gasteiger partial charge in [0, 0.05) is 30.6 Å². The molecule has 0 bridgehead atoms. The maximum absolute atomic E-state index is 11.8. The van der Waals surface area contributed by atoms with Crippen molar-refractivity contribution in [1.82, 2.24) is 4.90 Å². The Bertz CT molecular complexity index is 1430. The van der Waals surface area contributed by atoms with E-state index in [2.05, 4.69) is 18.1 Å². The number of benzene rings is 3. The zero-order chi connectivity index (χ0) is 28.3. The number of ether oxygens (including phenoxy) is 2. The van der Waals surface area contributed by atoms with E-state index in [1.54, 1.807) is 0 Å². The van der Waals surface area contributed by atoms with Crippen LogP contribution in [0.25, 0.3) is 23.3 Å². The van der Waals surface area contributed by atoms with E-state index in [4.69, 9.17) is 15.9 Å². The topological polar surface area (TPSA) is 82.8 Å². The number of aliphatic carboxylic acids is 1. The van der Waals surface area contributed by atoms with Crippen molar-refractivity contribution >= 4 is 18.1 Å². The molecule has 3 aromatic rings. The molecule has 1 fully saturated rings. The molecular formula is C34H34N2O4. The van der Waals surface area contributed by atoms with Gasteiger partial charge < -0.3 is 14.6 Å². The van der Waals surface area contributed by atoms with Gasteiger partial charge in [0.1, 0.15) is 17.9 Å². The van der Waals surface area contributed by atoms with Gasteiger partial charge in [0.05, 0.1) is 25.4 Å². The minimum atomic E-state index is -0.890. The molecule has 1 saturated heterocycles. The van der Waals surface area contributed by atoms with Crippen molar-refractivity contribution < 1.29 is 19.4 Å². The fraction of sp³-hybridized carbons (Fsp3) is 0.294. The number of morpholine rings is 1. The number of carboxylic acid groups (broad SMARTS) is 1. The zero-order valence-electron chi connectivity index (χ0n) is 22.8. The van der Waals surface area contributed by atoms with Gasteiger partial charge in [-0.2, -0.15) is 5.26 Å². The number of terminal acetylenes is 1. The van der Waals surface area contributed by atoms with E-state index in [9.17, 15) is 15.2 Å². The summed E-state index contributed by atoms with van der Waals surface area (Å²) in [5.74, 6) is 2.49. The molecule has 6 nitrogen and oxygen atoms in total. The Morgan fingerprint density at radius 3 is 2.70 bits per heavy atom. The SMILES string of the molecule is C#CCCCCOc1cc(/C=C/c2cccc(-c3ccccc3)c2C#N)c(C)cc1CN1CCOC[C@H]1C(=O)O. The van der Waals surface area contributed by atoms with E-state index in [1.165, 1.54) is 0 Å². The van der Waals surface area contributed by atoms with Gasteiger partial charge in [-0.05, 0) is 48.1 Å². The second-order valence-corrected chi connectivity index (χ2v) is 9.81. The van der Waals surface area contributed by atoms with Crippen molar-refractivity contribution in [1.29, 1.82) is 5.26 Å². The normalized spacial score (nSPS) is 15.4. The predicted molar refractivity (Wildman–Crippen MR) is 158 cm³/mol. The number of hydrogen-bond acceptors (Lipinski definition) is 5. The number of carboxylic acids is 1. The maximum Gasteiger partial charge on any atom is 0.323 e. The summed E-state index contributed by atoms with van der Waals surface area (Å²) in [6.45, 7) is 4.19. The maximum atomic E-state index is 11.8. The van der Waals surface area contributed by atoms with Gasteiger partial charge in [0.25, 0.3) is 0 Å². The van der Waals surface area contributed by atoms with E-state index >= 15 is 0 Å². The molecule has 1 aliphatic heterocycles. The molecule has 1 atom stereocenters. The van der Waals surface area contributed by atoms with Crippen LogP contribution in [0.2, 0.25) is 0 Å². The molecular weight excluding hydrogens is 500 g/mol. The molecule has 40 heavy (non-hydrogen) atoms. The van der Waals surface area contributed by atoms with Gasteiger partial charge in [-0.15, -0.1) is 12.3 Å². The third-order valence-electron chi connectivity index (χ3n) is 7.06. The Morgan fingerprint density at radius 2 is 1.95 bits per heavy atom. The molecule has 1 heterocycles. The molecule has 0 aromatic heterocycles. The molecule has 1 aliphatic rings. The van der Waals surface area contributed by atoms with Gasteiger partial charge in [-0.3, -0.25) is 9.69 Å². The molecule has 3 aromatic carbocycles. The van der Waals surface area contributed by atoms with E-state index in [-0.39, 0.29) is 6.61 Å². The third kappa shape index (κ3) is 7.18. The van der Waals surface area contributed by atoms with E-state index in [1.807, 2.05) is 78.6 Å². The summed E-state index contributed by atoms with van der Waals surface area (Å²) in [6.07, 6.45) is 11.8. The fourth-order valence-corrected chi connectivity index (χ4v) is 4.86. The van der Waals surface area contributed by atoms with Gasteiger partial charge in [0.2, 0.25) is 0 Å². The third-order valence-corrected chi connectivity index (χ3v) is 7.06. The molecule has 204 valence electrons. The smallest absolute Gasteiger partial charge is 0.323 e. The van der Waals surface area contributed by atoms with Crippen LogP contribution in [0, 0.1) is 30.6 Å². The summed E-state index contributed by atoms with van der Waals surface area (Å²) in [6, 6.07) is 21.5. The first-order valence-corrected chi connectivity index (χ1v) is 13.5. The van der Waals surface area contributed by atoms with Crippen LogP contribution in [-0.2, 0) is 16.1 Å². The molecule has 0 aliphatic carbocycles. The van der Waals surface area contributed by atoms with Crippen LogP contribution < -0.4 is 4.74 Å².